The summed E-state index contributed by atoms with van der Waals surface area (Å²) >= 11 is 0. The fourth-order valence-corrected chi connectivity index (χ4v) is 5.28. The van der Waals surface area contributed by atoms with Crippen LogP contribution in [0, 0.1) is 13.8 Å². The molecular formula is C27H37N3O4S. The first-order valence-electron chi connectivity index (χ1n) is 12.2. The Morgan fingerprint density at radius 1 is 1.00 bits per heavy atom. The zero-order valence-corrected chi connectivity index (χ0v) is 22.0. The summed E-state index contributed by atoms with van der Waals surface area (Å²) in [6.07, 6.45) is 6.34. The molecule has 190 valence electrons. The van der Waals surface area contributed by atoms with Gasteiger partial charge < -0.3 is 10.2 Å². The Balaban J connectivity index is 1.86. The van der Waals surface area contributed by atoms with Gasteiger partial charge in [0, 0.05) is 12.6 Å². The van der Waals surface area contributed by atoms with Crippen molar-refractivity contribution < 1.29 is 18.0 Å². The highest BCUT2D eigenvalue weighted by Gasteiger charge is 2.31. The van der Waals surface area contributed by atoms with Gasteiger partial charge in [-0.2, -0.15) is 0 Å². The Morgan fingerprint density at radius 2 is 1.66 bits per heavy atom. The molecule has 0 aromatic heterocycles. The predicted octanol–water partition coefficient (Wildman–Crippen LogP) is 3.94. The van der Waals surface area contributed by atoms with Gasteiger partial charge in [0.05, 0.1) is 11.9 Å². The van der Waals surface area contributed by atoms with E-state index in [0.717, 1.165) is 52.9 Å². The Bertz CT molecular complexity index is 1130. The van der Waals surface area contributed by atoms with E-state index in [9.17, 15) is 18.0 Å². The average molecular weight is 500 g/mol. The maximum Gasteiger partial charge on any atom is 0.244 e. The van der Waals surface area contributed by atoms with Crippen LogP contribution in [0.25, 0.3) is 0 Å². The average Bonchev–Trinajstić information content (AvgIpc) is 2.81. The van der Waals surface area contributed by atoms with Gasteiger partial charge >= 0.3 is 0 Å². The van der Waals surface area contributed by atoms with Gasteiger partial charge in [0.2, 0.25) is 21.8 Å². The number of rotatable bonds is 9. The third-order valence-corrected chi connectivity index (χ3v) is 7.70. The number of sulfonamides is 1. The van der Waals surface area contributed by atoms with Gasteiger partial charge in [-0.05, 0) is 56.9 Å². The van der Waals surface area contributed by atoms with Crippen molar-refractivity contribution in [3.05, 3.63) is 65.2 Å². The van der Waals surface area contributed by atoms with E-state index < -0.39 is 22.0 Å². The fraction of sp³-hybridized carbons (Fsp3) is 0.481. The molecule has 1 atom stereocenters. The van der Waals surface area contributed by atoms with Gasteiger partial charge in [-0.15, -0.1) is 0 Å². The second kappa shape index (κ2) is 11.7. The Hall–Kier alpha value is -2.87. The molecule has 7 nitrogen and oxygen atoms in total. The molecule has 1 saturated carbocycles. The molecule has 2 aromatic rings. The second-order valence-corrected chi connectivity index (χ2v) is 11.5. The van der Waals surface area contributed by atoms with Crippen molar-refractivity contribution in [2.24, 2.45) is 0 Å². The molecule has 0 aliphatic heterocycles. The van der Waals surface area contributed by atoms with Crippen LogP contribution in [-0.4, -0.2) is 50.0 Å². The summed E-state index contributed by atoms with van der Waals surface area (Å²) < 4.78 is 26.4. The topological polar surface area (TPSA) is 86.8 Å². The van der Waals surface area contributed by atoms with Crippen LogP contribution >= 0.6 is 0 Å². The maximum absolute atomic E-state index is 13.6. The van der Waals surface area contributed by atoms with Gasteiger partial charge in [-0.3, -0.25) is 13.9 Å². The highest BCUT2D eigenvalue weighted by atomic mass is 32.2. The lowest BCUT2D eigenvalue weighted by molar-refractivity contribution is -0.139. The van der Waals surface area contributed by atoms with E-state index in [2.05, 4.69) is 5.32 Å². The van der Waals surface area contributed by atoms with Crippen molar-refractivity contribution in [1.29, 1.82) is 0 Å². The summed E-state index contributed by atoms with van der Waals surface area (Å²) in [5, 5.41) is 3.11. The first kappa shape index (κ1) is 26.7. The Kier molecular flexibility index (Phi) is 8.94. The predicted molar refractivity (Wildman–Crippen MR) is 140 cm³/mol. The smallest absolute Gasteiger partial charge is 0.244 e. The number of anilines is 1. The van der Waals surface area contributed by atoms with Gasteiger partial charge in [0.1, 0.15) is 12.6 Å². The third-order valence-electron chi connectivity index (χ3n) is 6.56. The van der Waals surface area contributed by atoms with Crippen LogP contribution in [0.15, 0.2) is 48.5 Å². The van der Waals surface area contributed by atoms with Crippen LogP contribution in [-0.2, 0) is 26.2 Å². The van der Waals surface area contributed by atoms with Crippen molar-refractivity contribution in [2.45, 2.75) is 71.5 Å². The molecule has 0 bridgehead atoms. The van der Waals surface area contributed by atoms with Crippen LogP contribution < -0.4 is 9.62 Å². The molecule has 2 amide bonds. The number of carbonyl (C=O) groups is 2. The zero-order valence-electron chi connectivity index (χ0n) is 21.2. The zero-order chi connectivity index (χ0) is 25.6. The minimum Gasteiger partial charge on any atom is -0.352 e. The van der Waals surface area contributed by atoms with Gasteiger partial charge in [-0.25, -0.2) is 8.42 Å². The number of aryl methyl sites for hydroxylation is 2. The lowest BCUT2D eigenvalue weighted by Gasteiger charge is -2.33. The number of nitrogens with zero attached hydrogens (tertiary/aromatic N) is 2. The van der Waals surface area contributed by atoms with E-state index in [-0.39, 0.29) is 25.0 Å². The maximum atomic E-state index is 13.6. The quantitative estimate of drug-likeness (QED) is 0.566. The molecular weight excluding hydrogens is 462 g/mol. The molecule has 1 aliphatic carbocycles. The first-order valence-corrected chi connectivity index (χ1v) is 14.1. The minimum absolute atomic E-state index is 0.120. The molecule has 0 radical (unpaired) electrons. The molecule has 2 aromatic carbocycles. The van der Waals surface area contributed by atoms with Crippen LogP contribution in [0.2, 0.25) is 0 Å². The number of nitrogens with one attached hydrogen (secondary N) is 1. The second-order valence-electron chi connectivity index (χ2n) is 9.64. The SMILES string of the molecule is Cc1ccc(CN(C(=O)CN(c2cccc(C)c2)S(C)(=O)=O)[C@@H](C)C(=O)NC2CCCCC2)cc1. The molecule has 8 heteroatoms. The van der Waals surface area contributed by atoms with Crippen molar-refractivity contribution in [3.8, 4) is 0 Å². The van der Waals surface area contributed by atoms with E-state index in [1.165, 1.54) is 11.3 Å². The van der Waals surface area contributed by atoms with E-state index in [1.807, 2.05) is 44.2 Å². The minimum atomic E-state index is -3.73. The summed E-state index contributed by atoms with van der Waals surface area (Å²) in [6.45, 7) is 5.40. The highest BCUT2D eigenvalue weighted by Crippen LogP contribution is 2.21. The van der Waals surface area contributed by atoms with E-state index in [1.54, 1.807) is 25.1 Å². The number of hydrogen-bond donors (Lipinski definition) is 1. The first-order chi connectivity index (χ1) is 16.5. The molecule has 1 N–H and O–H groups in total. The van der Waals surface area contributed by atoms with E-state index >= 15 is 0 Å². The molecule has 35 heavy (non-hydrogen) atoms. The third kappa shape index (κ3) is 7.56. The van der Waals surface area contributed by atoms with Crippen molar-refractivity contribution in [3.63, 3.8) is 0 Å². The normalized spacial score (nSPS) is 15.3. The summed E-state index contributed by atoms with van der Waals surface area (Å²) in [4.78, 5) is 28.3. The molecule has 1 fully saturated rings. The van der Waals surface area contributed by atoms with Crippen LogP contribution in [0.5, 0.6) is 0 Å². The van der Waals surface area contributed by atoms with Gasteiger partial charge in [-0.1, -0.05) is 61.2 Å². The van der Waals surface area contributed by atoms with Crippen molar-refractivity contribution in [2.75, 3.05) is 17.1 Å². The molecule has 0 heterocycles. The van der Waals surface area contributed by atoms with E-state index in [0.29, 0.717) is 5.69 Å². The number of hydrogen-bond acceptors (Lipinski definition) is 4. The summed E-state index contributed by atoms with van der Waals surface area (Å²) in [5.41, 5.74) is 3.29. The summed E-state index contributed by atoms with van der Waals surface area (Å²) in [5.74, 6) is -0.636. The number of amides is 2. The summed E-state index contributed by atoms with van der Waals surface area (Å²) in [6, 6.07) is 14.2. The lowest BCUT2D eigenvalue weighted by atomic mass is 9.95. The van der Waals surface area contributed by atoms with E-state index in [4.69, 9.17) is 0 Å². The van der Waals surface area contributed by atoms with Crippen LogP contribution in [0.1, 0.15) is 55.7 Å². The molecule has 1 aliphatic rings. The largest absolute Gasteiger partial charge is 0.352 e. The highest BCUT2D eigenvalue weighted by molar-refractivity contribution is 7.92. The Morgan fingerprint density at radius 3 is 2.26 bits per heavy atom. The molecule has 0 unspecified atom stereocenters. The fourth-order valence-electron chi connectivity index (χ4n) is 4.44. The summed E-state index contributed by atoms with van der Waals surface area (Å²) in [7, 11) is -3.73. The van der Waals surface area contributed by atoms with Crippen molar-refractivity contribution in [1.82, 2.24) is 10.2 Å². The molecule has 0 spiro atoms. The van der Waals surface area contributed by atoms with Crippen LogP contribution in [0.4, 0.5) is 5.69 Å². The standard InChI is InChI=1S/C27H37N3O4S/c1-20-13-15-23(16-14-20)18-29(22(3)27(32)28-24-10-6-5-7-11-24)26(31)19-30(35(4,33)34)25-12-8-9-21(2)17-25/h8-9,12-17,22,24H,5-7,10-11,18-19H2,1-4H3,(H,28,32)/t22-/m0/s1. The van der Waals surface area contributed by atoms with Gasteiger partial charge in [0.25, 0.3) is 0 Å². The number of benzene rings is 2. The molecule has 0 saturated heterocycles. The monoisotopic (exact) mass is 499 g/mol. The Labute approximate surface area is 209 Å². The van der Waals surface area contributed by atoms with Gasteiger partial charge in [0.15, 0.2) is 0 Å². The number of carbonyl (C=O) groups excluding carboxylic acids is 2. The molecule has 3 rings (SSSR count). The lowest BCUT2D eigenvalue weighted by Crippen LogP contribution is -2.52. The van der Waals surface area contributed by atoms with Crippen molar-refractivity contribution >= 4 is 27.5 Å². The van der Waals surface area contributed by atoms with Crippen LogP contribution in [0.3, 0.4) is 0 Å².